The Labute approximate surface area is 110 Å². The van der Waals surface area contributed by atoms with Gasteiger partial charge < -0.3 is 11.1 Å². The summed E-state index contributed by atoms with van der Waals surface area (Å²) in [5, 5.41) is 3.12. The van der Waals surface area contributed by atoms with Crippen LogP contribution in [0.5, 0.6) is 0 Å². The third kappa shape index (κ3) is 2.30. The fraction of sp³-hybridized carbons (Fsp3) is 0.154. The van der Waals surface area contributed by atoms with E-state index in [1.165, 1.54) is 6.07 Å². The number of nitrogens with one attached hydrogen (secondary N) is 1. The number of nitrogen functional groups attached to an aromatic ring is 1. The van der Waals surface area contributed by atoms with E-state index in [9.17, 15) is 4.39 Å². The molecule has 3 nitrogen and oxygen atoms in total. The highest BCUT2D eigenvalue weighted by Gasteiger charge is 2.19. The van der Waals surface area contributed by atoms with E-state index >= 15 is 0 Å². The van der Waals surface area contributed by atoms with Crippen molar-refractivity contribution >= 4 is 17.4 Å². The quantitative estimate of drug-likeness (QED) is 0.897. The minimum absolute atomic E-state index is 0.0928. The molecule has 1 atom stereocenters. The summed E-state index contributed by atoms with van der Waals surface area (Å²) in [5.74, 6) is -0.0713. The Bertz CT molecular complexity index is 560. The van der Waals surface area contributed by atoms with Crippen LogP contribution in [0, 0.1) is 5.82 Å². The molecule has 0 spiro atoms. The molecule has 1 aromatic heterocycles. The first-order valence-electron chi connectivity index (χ1n) is 5.46. The lowest BCUT2D eigenvalue weighted by Crippen LogP contribution is -2.20. The van der Waals surface area contributed by atoms with Gasteiger partial charge in [-0.2, -0.15) is 0 Å². The summed E-state index contributed by atoms with van der Waals surface area (Å²) in [7, 11) is 1.73. The van der Waals surface area contributed by atoms with Gasteiger partial charge in [-0.1, -0.05) is 29.8 Å². The summed E-state index contributed by atoms with van der Waals surface area (Å²) in [6, 6.07) is 8.09. The van der Waals surface area contributed by atoms with Crippen molar-refractivity contribution < 1.29 is 4.39 Å². The SMILES string of the molecule is CNC(c1cccnc1N)c1cccc(Cl)c1F. The van der Waals surface area contributed by atoms with Crippen molar-refractivity contribution in [3.63, 3.8) is 0 Å². The van der Waals surface area contributed by atoms with Gasteiger partial charge in [0.15, 0.2) is 0 Å². The second-order valence-electron chi connectivity index (χ2n) is 3.84. The molecule has 5 heteroatoms. The van der Waals surface area contributed by atoms with Gasteiger partial charge in [-0.05, 0) is 19.2 Å². The maximum atomic E-state index is 14.0. The van der Waals surface area contributed by atoms with E-state index in [1.54, 1.807) is 31.4 Å². The smallest absolute Gasteiger partial charge is 0.146 e. The van der Waals surface area contributed by atoms with Crippen LogP contribution in [-0.2, 0) is 0 Å². The van der Waals surface area contributed by atoms with Crippen LogP contribution in [0.15, 0.2) is 36.5 Å². The number of hydrogen-bond donors (Lipinski definition) is 2. The van der Waals surface area contributed by atoms with E-state index in [1.807, 2.05) is 6.07 Å². The number of benzene rings is 1. The van der Waals surface area contributed by atoms with Crippen molar-refractivity contribution in [1.82, 2.24) is 10.3 Å². The number of rotatable bonds is 3. The predicted molar refractivity (Wildman–Crippen MR) is 71.0 cm³/mol. The van der Waals surface area contributed by atoms with Crippen LogP contribution in [-0.4, -0.2) is 12.0 Å². The van der Waals surface area contributed by atoms with Crippen molar-refractivity contribution in [2.45, 2.75) is 6.04 Å². The standard InChI is InChI=1S/C13H13ClFN3/c1-17-12(9-5-3-7-18-13(9)16)8-4-2-6-10(14)11(8)15/h2-7,12,17H,1H3,(H2,16,18). The average Bonchev–Trinajstić information content (AvgIpc) is 2.37. The van der Waals surface area contributed by atoms with Crippen LogP contribution >= 0.6 is 11.6 Å². The van der Waals surface area contributed by atoms with Gasteiger partial charge in [-0.3, -0.25) is 0 Å². The molecule has 1 aromatic carbocycles. The molecule has 2 rings (SSSR count). The number of nitrogens with two attached hydrogens (primary N) is 1. The molecule has 0 aliphatic heterocycles. The molecule has 3 N–H and O–H groups in total. The predicted octanol–water partition coefficient (Wildman–Crippen LogP) is 2.77. The van der Waals surface area contributed by atoms with Crippen LogP contribution in [0.3, 0.4) is 0 Å². The molecule has 0 aliphatic carbocycles. The van der Waals surface area contributed by atoms with Crippen molar-refractivity contribution in [3.05, 3.63) is 58.5 Å². The minimum Gasteiger partial charge on any atom is -0.383 e. The molecule has 1 unspecified atom stereocenters. The van der Waals surface area contributed by atoms with Crippen LogP contribution in [0.25, 0.3) is 0 Å². The van der Waals surface area contributed by atoms with Crippen LogP contribution < -0.4 is 11.1 Å². The molecule has 0 amide bonds. The maximum Gasteiger partial charge on any atom is 0.146 e. The normalized spacial score (nSPS) is 12.4. The first-order valence-corrected chi connectivity index (χ1v) is 5.84. The fourth-order valence-corrected chi connectivity index (χ4v) is 2.08. The van der Waals surface area contributed by atoms with Crippen LogP contribution in [0.2, 0.25) is 5.02 Å². The van der Waals surface area contributed by atoms with E-state index in [0.717, 1.165) is 5.56 Å². The van der Waals surface area contributed by atoms with Gasteiger partial charge in [-0.25, -0.2) is 9.37 Å². The topological polar surface area (TPSA) is 50.9 Å². The van der Waals surface area contributed by atoms with Crippen molar-refractivity contribution in [2.24, 2.45) is 0 Å². The van der Waals surface area contributed by atoms with E-state index in [4.69, 9.17) is 17.3 Å². The van der Waals surface area contributed by atoms with Gasteiger partial charge in [0, 0.05) is 17.3 Å². The second-order valence-corrected chi connectivity index (χ2v) is 4.25. The number of hydrogen-bond acceptors (Lipinski definition) is 3. The number of pyridine rings is 1. The number of anilines is 1. The third-order valence-corrected chi connectivity index (χ3v) is 3.06. The number of halogens is 2. The Morgan fingerprint density at radius 1 is 1.28 bits per heavy atom. The van der Waals surface area contributed by atoms with Gasteiger partial charge in [0.2, 0.25) is 0 Å². The molecule has 18 heavy (non-hydrogen) atoms. The summed E-state index contributed by atoms with van der Waals surface area (Å²) in [6.07, 6.45) is 1.60. The highest BCUT2D eigenvalue weighted by molar-refractivity contribution is 6.30. The summed E-state index contributed by atoms with van der Waals surface area (Å²) < 4.78 is 14.0. The number of aromatic nitrogens is 1. The van der Waals surface area contributed by atoms with Gasteiger partial charge >= 0.3 is 0 Å². The van der Waals surface area contributed by atoms with Crippen molar-refractivity contribution in [1.29, 1.82) is 0 Å². The zero-order valence-electron chi connectivity index (χ0n) is 9.82. The van der Waals surface area contributed by atoms with Crippen LogP contribution in [0.4, 0.5) is 10.2 Å². The van der Waals surface area contributed by atoms with E-state index in [0.29, 0.717) is 11.4 Å². The lowest BCUT2D eigenvalue weighted by atomic mass is 9.99. The highest BCUT2D eigenvalue weighted by atomic mass is 35.5. The maximum absolute atomic E-state index is 14.0. The minimum atomic E-state index is -0.443. The molecule has 0 fully saturated rings. The first kappa shape index (κ1) is 12.8. The van der Waals surface area contributed by atoms with Crippen molar-refractivity contribution in [2.75, 3.05) is 12.8 Å². The molecule has 0 saturated carbocycles. The van der Waals surface area contributed by atoms with Crippen LogP contribution in [0.1, 0.15) is 17.2 Å². The molecule has 2 aromatic rings. The molecule has 0 bridgehead atoms. The summed E-state index contributed by atoms with van der Waals surface area (Å²) in [5.41, 5.74) is 6.99. The fourth-order valence-electron chi connectivity index (χ4n) is 1.90. The van der Waals surface area contributed by atoms with Gasteiger partial charge in [0.1, 0.15) is 11.6 Å². The Morgan fingerprint density at radius 3 is 2.67 bits per heavy atom. The van der Waals surface area contributed by atoms with Crippen molar-refractivity contribution in [3.8, 4) is 0 Å². The molecule has 94 valence electrons. The van der Waals surface area contributed by atoms with Gasteiger partial charge in [0.05, 0.1) is 11.1 Å². The molecule has 0 aliphatic rings. The zero-order chi connectivity index (χ0) is 13.1. The Morgan fingerprint density at radius 2 is 2.00 bits per heavy atom. The summed E-state index contributed by atoms with van der Waals surface area (Å²) >= 11 is 5.79. The number of nitrogens with zero attached hydrogens (tertiary/aromatic N) is 1. The molecule has 0 saturated heterocycles. The summed E-state index contributed by atoms with van der Waals surface area (Å²) in [4.78, 5) is 4.01. The zero-order valence-corrected chi connectivity index (χ0v) is 10.6. The monoisotopic (exact) mass is 265 g/mol. The second kappa shape index (κ2) is 5.33. The largest absolute Gasteiger partial charge is 0.383 e. The van der Waals surface area contributed by atoms with E-state index in [2.05, 4.69) is 10.3 Å². The lowest BCUT2D eigenvalue weighted by molar-refractivity contribution is 0.576. The van der Waals surface area contributed by atoms with Gasteiger partial charge in [-0.15, -0.1) is 0 Å². The first-order chi connectivity index (χ1) is 8.65. The highest BCUT2D eigenvalue weighted by Crippen LogP contribution is 2.29. The molecular weight excluding hydrogens is 253 g/mol. The van der Waals surface area contributed by atoms with Gasteiger partial charge in [0.25, 0.3) is 0 Å². The Balaban J connectivity index is 2.53. The third-order valence-electron chi connectivity index (χ3n) is 2.76. The average molecular weight is 266 g/mol. The molecule has 1 heterocycles. The molecular formula is C13H13ClFN3. The van der Waals surface area contributed by atoms with E-state index in [-0.39, 0.29) is 11.1 Å². The Hall–Kier alpha value is -1.65. The Kier molecular flexibility index (Phi) is 3.79. The lowest BCUT2D eigenvalue weighted by Gasteiger charge is -2.19. The van der Waals surface area contributed by atoms with E-state index < -0.39 is 5.82 Å². The molecule has 0 radical (unpaired) electrons. The summed E-state index contributed by atoms with van der Waals surface area (Å²) in [6.45, 7) is 0.